The first-order valence-corrected chi connectivity index (χ1v) is 13.6. The van der Waals surface area contributed by atoms with Crippen molar-refractivity contribution in [2.75, 3.05) is 10.0 Å². The van der Waals surface area contributed by atoms with Crippen LogP contribution in [0.1, 0.15) is 54.0 Å². The maximum atomic E-state index is 15.3. The van der Waals surface area contributed by atoms with Gasteiger partial charge in [-0.05, 0) is 60.3 Å². The number of amides is 1. The van der Waals surface area contributed by atoms with Crippen molar-refractivity contribution < 1.29 is 18.0 Å². The number of benzene rings is 3. The smallest absolute Gasteiger partial charge is 0.232 e. The van der Waals surface area contributed by atoms with Crippen molar-refractivity contribution >= 4 is 40.4 Å². The molecule has 4 aromatic rings. The van der Waals surface area contributed by atoms with Crippen LogP contribution in [0.5, 0.6) is 0 Å². The molecule has 0 saturated heterocycles. The van der Waals surface area contributed by atoms with E-state index in [9.17, 15) is 13.6 Å². The summed E-state index contributed by atoms with van der Waals surface area (Å²) in [5, 5.41) is 3.21. The second kappa shape index (κ2) is 14.0. The van der Waals surface area contributed by atoms with Crippen LogP contribution in [0.25, 0.3) is 22.0 Å². The summed E-state index contributed by atoms with van der Waals surface area (Å²) in [6.45, 7) is 15.0. The number of aryl methyl sites for hydroxylation is 1. The van der Waals surface area contributed by atoms with Gasteiger partial charge in [0.25, 0.3) is 0 Å². The number of nitrogens with zero attached hydrogens (tertiary/aromatic N) is 2. The lowest BCUT2D eigenvalue weighted by molar-refractivity contribution is -0.123. The van der Waals surface area contributed by atoms with Gasteiger partial charge in [-0.2, -0.15) is 0 Å². The Morgan fingerprint density at radius 2 is 1.62 bits per heavy atom. The molecule has 208 valence electrons. The summed E-state index contributed by atoms with van der Waals surface area (Å²) < 4.78 is 47.1. The fraction of sp³-hybridized carbons (Fsp3) is 0.300. The maximum absolute atomic E-state index is 15.3. The zero-order valence-corrected chi connectivity index (χ0v) is 24.4. The predicted octanol–water partition coefficient (Wildman–Crippen LogP) is 9.18. The molecule has 5 nitrogen and oxygen atoms in total. The molecule has 0 unspecified atom stereocenters. The molecule has 1 aromatic heterocycles. The summed E-state index contributed by atoms with van der Waals surface area (Å²) in [5.41, 5.74) is 0.443. The number of halogens is 3. The van der Waals surface area contributed by atoms with Crippen molar-refractivity contribution in [2.24, 2.45) is 5.41 Å². The molecular formula is C30H35F3N4OS. The molecule has 0 fully saturated rings. The van der Waals surface area contributed by atoms with E-state index in [0.717, 1.165) is 18.0 Å². The minimum absolute atomic E-state index is 0.0175. The minimum Gasteiger partial charge on any atom is -0.323 e. The van der Waals surface area contributed by atoms with Crippen LogP contribution in [-0.4, -0.2) is 15.9 Å². The Morgan fingerprint density at radius 3 is 2.28 bits per heavy atom. The molecule has 0 aliphatic heterocycles. The van der Waals surface area contributed by atoms with Gasteiger partial charge in [-0.15, -0.1) is 0 Å². The Balaban J connectivity index is 0.00000127. The third-order valence-corrected chi connectivity index (χ3v) is 6.15. The molecule has 3 aromatic carbocycles. The van der Waals surface area contributed by atoms with Gasteiger partial charge in [0, 0.05) is 17.0 Å². The first-order valence-electron chi connectivity index (χ1n) is 12.8. The number of carbonyl (C=O) groups is 1. The van der Waals surface area contributed by atoms with Gasteiger partial charge in [-0.25, -0.2) is 23.1 Å². The number of hydrogen-bond acceptors (Lipinski definition) is 5. The Hall–Kier alpha value is -3.59. The third kappa shape index (κ3) is 7.72. The number of hydrogen-bond donors (Lipinski definition) is 2. The molecule has 9 heteroatoms. The molecule has 0 atom stereocenters. The molecule has 0 aliphatic rings. The van der Waals surface area contributed by atoms with E-state index < -0.39 is 22.9 Å². The van der Waals surface area contributed by atoms with Crippen molar-refractivity contribution in [1.29, 1.82) is 0 Å². The monoisotopic (exact) mass is 556 g/mol. The Labute approximate surface area is 232 Å². The van der Waals surface area contributed by atoms with E-state index in [1.807, 2.05) is 27.7 Å². The normalized spacial score (nSPS) is 10.6. The zero-order valence-electron chi connectivity index (χ0n) is 23.5. The molecule has 0 bridgehead atoms. The number of rotatable bonds is 5. The lowest BCUT2D eigenvalue weighted by Crippen LogP contribution is -2.28. The molecule has 2 N–H and O–H groups in total. The first kappa shape index (κ1) is 31.6. The molecule has 4 rings (SSSR count). The quantitative estimate of drug-likeness (QED) is 0.240. The molecular weight excluding hydrogens is 521 g/mol. The Kier molecular flexibility index (Phi) is 11.3. The number of nitrogens with one attached hydrogen (secondary N) is 2. The lowest BCUT2D eigenvalue weighted by atomic mass is 9.96. The average molecular weight is 557 g/mol. The van der Waals surface area contributed by atoms with Crippen LogP contribution < -0.4 is 10.0 Å². The van der Waals surface area contributed by atoms with Gasteiger partial charge in [-0.3, -0.25) is 10.1 Å². The summed E-state index contributed by atoms with van der Waals surface area (Å²) in [4.78, 5) is 21.0. The molecule has 1 heterocycles. The zero-order chi connectivity index (χ0) is 29.3. The SMILES string of the molecule is CC.CC.Cc1cccc(SNc2ccc(F)c(-c3ccc4nc(NC(=O)C(C)(C)C)ncc4c3)c2F)c1F. The largest absolute Gasteiger partial charge is 0.323 e. The van der Waals surface area contributed by atoms with Crippen molar-refractivity contribution in [3.8, 4) is 11.1 Å². The number of carbonyl (C=O) groups excluding carboxylic acids is 1. The summed E-state index contributed by atoms with van der Waals surface area (Å²) >= 11 is 0.907. The van der Waals surface area contributed by atoms with Crippen LogP contribution in [0, 0.1) is 29.8 Å². The van der Waals surface area contributed by atoms with E-state index in [-0.39, 0.29) is 28.7 Å². The van der Waals surface area contributed by atoms with Crippen molar-refractivity contribution in [3.05, 3.63) is 77.7 Å². The second-order valence-corrected chi connectivity index (χ2v) is 9.89. The minimum atomic E-state index is -0.806. The van der Waals surface area contributed by atoms with Crippen molar-refractivity contribution in [3.63, 3.8) is 0 Å². The van der Waals surface area contributed by atoms with E-state index in [0.29, 0.717) is 21.4 Å². The van der Waals surface area contributed by atoms with Crippen LogP contribution in [0.2, 0.25) is 0 Å². The highest BCUT2D eigenvalue weighted by molar-refractivity contribution is 8.00. The summed E-state index contributed by atoms with van der Waals surface area (Å²) in [6, 6.07) is 12.1. The highest BCUT2D eigenvalue weighted by Crippen LogP contribution is 2.34. The maximum Gasteiger partial charge on any atom is 0.232 e. The van der Waals surface area contributed by atoms with Crippen LogP contribution in [0.3, 0.4) is 0 Å². The van der Waals surface area contributed by atoms with Crippen molar-refractivity contribution in [1.82, 2.24) is 9.97 Å². The molecule has 0 spiro atoms. The van der Waals surface area contributed by atoms with E-state index in [1.165, 1.54) is 12.3 Å². The van der Waals surface area contributed by atoms with E-state index in [1.54, 1.807) is 64.1 Å². The molecule has 39 heavy (non-hydrogen) atoms. The third-order valence-electron chi connectivity index (χ3n) is 5.29. The van der Waals surface area contributed by atoms with E-state index >= 15 is 4.39 Å². The molecule has 0 aliphatic carbocycles. The number of fused-ring (bicyclic) bond motifs is 1. The van der Waals surface area contributed by atoms with Gasteiger partial charge in [0.2, 0.25) is 11.9 Å². The summed E-state index contributed by atoms with van der Waals surface area (Å²) in [7, 11) is 0. The van der Waals surface area contributed by atoms with Gasteiger partial charge in [0.1, 0.15) is 11.6 Å². The number of anilines is 2. The molecule has 0 saturated carbocycles. The van der Waals surface area contributed by atoms with Crippen LogP contribution in [0.4, 0.5) is 24.8 Å². The summed E-state index contributed by atoms with van der Waals surface area (Å²) in [6.07, 6.45) is 1.48. The van der Waals surface area contributed by atoms with Crippen molar-refractivity contribution in [2.45, 2.75) is 60.3 Å². The standard InChI is InChI=1S/C26H23F3N4OS.2C2H6/c1-14-6-5-7-20(22(14)28)35-33-19-11-9-17(27)21(23(19)29)15-8-10-18-16(12-15)13-30-25(31-18)32-24(34)26(2,3)4;2*1-2/h5-13,33H,1-4H3,(H,30,31,32,34);2*1-2H3. The topological polar surface area (TPSA) is 66.9 Å². The van der Waals surface area contributed by atoms with Gasteiger partial charge in [0.05, 0.1) is 21.7 Å². The van der Waals surface area contributed by atoms with E-state index in [4.69, 9.17) is 0 Å². The van der Waals surface area contributed by atoms with Gasteiger partial charge in [-0.1, -0.05) is 66.7 Å². The van der Waals surface area contributed by atoms with E-state index in [2.05, 4.69) is 20.0 Å². The average Bonchev–Trinajstić information content (AvgIpc) is 2.92. The predicted molar refractivity (Wildman–Crippen MR) is 156 cm³/mol. The fourth-order valence-corrected chi connectivity index (χ4v) is 4.02. The highest BCUT2D eigenvalue weighted by Gasteiger charge is 2.22. The van der Waals surface area contributed by atoms with Gasteiger partial charge in [0.15, 0.2) is 5.82 Å². The second-order valence-electron chi connectivity index (χ2n) is 9.05. The van der Waals surface area contributed by atoms with Gasteiger partial charge < -0.3 is 4.72 Å². The van der Waals surface area contributed by atoms with Gasteiger partial charge >= 0.3 is 0 Å². The highest BCUT2D eigenvalue weighted by atomic mass is 32.2. The molecule has 1 amide bonds. The lowest BCUT2D eigenvalue weighted by Gasteiger charge is -2.16. The Bertz CT molecular complexity index is 1440. The Morgan fingerprint density at radius 1 is 0.923 bits per heavy atom. The first-order chi connectivity index (χ1) is 18.5. The molecule has 0 radical (unpaired) electrons. The number of aromatic nitrogens is 2. The fourth-order valence-electron chi connectivity index (χ4n) is 3.24. The summed E-state index contributed by atoms with van der Waals surface area (Å²) in [5.74, 6) is -2.03. The van der Waals surface area contributed by atoms with Crippen LogP contribution in [-0.2, 0) is 4.79 Å². The van der Waals surface area contributed by atoms with Crippen LogP contribution >= 0.6 is 11.9 Å². The van der Waals surface area contributed by atoms with Crippen LogP contribution in [0.15, 0.2) is 59.6 Å².